The first kappa shape index (κ1) is 15.2. The number of nitrogens with zero attached hydrogens (tertiary/aromatic N) is 1. The van der Waals surface area contributed by atoms with Gasteiger partial charge in [-0.05, 0) is 25.8 Å². The Labute approximate surface area is 125 Å². The summed E-state index contributed by atoms with van der Waals surface area (Å²) in [6.45, 7) is 2.65. The maximum Gasteiger partial charge on any atom is 0.312 e. The third kappa shape index (κ3) is 3.47. The lowest BCUT2D eigenvalue weighted by atomic mass is 10.1. The number of aliphatic hydroxyl groups excluding tert-OH is 1. The van der Waals surface area contributed by atoms with Gasteiger partial charge in [0.25, 0.3) is 0 Å². The summed E-state index contributed by atoms with van der Waals surface area (Å²) in [5.41, 5.74) is 0.248. The molecule has 1 N–H and O–H groups in total. The minimum atomic E-state index is -0.856. The largest absolute Gasteiger partial charge is 0.481 e. The molecule has 1 saturated heterocycles. The molecule has 0 aromatic heterocycles. The molecular formula is C13H16BrNO5. The van der Waals surface area contributed by atoms with Gasteiger partial charge in [0.2, 0.25) is 5.75 Å². The summed E-state index contributed by atoms with van der Waals surface area (Å²) < 4.78 is 11.6. The highest BCUT2D eigenvalue weighted by molar-refractivity contribution is 9.10. The molecular weight excluding hydrogens is 330 g/mol. The van der Waals surface area contributed by atoms with Gasteiger partial charge in [-0.1, -0.05) is 15.9 Å². The van der Waals surface area contributed by atoms with Crippen molar-refractivity contribution in [2.75, 3.05) is 13.2 Å². The van der Waals surface area contributed by atoms with Gasteiger partial charge in [0.1, 0.15) is 6.10 Å². The number of hydrogen-bond donors (Lipinski definition) is 1. The van der Waals surface area contributed by atoms with Crippen LogP contribution in [-0.2, 0) is 4.74 Å². The lowest BCUT2D eigenvalue weighted by Gasteiger charge is -2.25. The van der Waals surface area contributed by atoms with Crippen LogP contribution in [0.4, 0.5) is 5.69 Å². The number of rotatable bonds is 4. The zero-order valence-corrected chi connectivity index (χ0v) is 12.6. The third-order valence-corrected chi connectivity index (χ3v) is 3.57. The maximum atomic E-state index is 11.2. The number of nitro benzene ring substituents is 1. The van der Waals surface area contributed by atoms with Crippen LogP contribution in [0.25, 0.3) is 0 Å². The van der Waals surface area contributed by atoms with Crippen LogP contribution in [0, 0.1) is 10.1 Å². The summed E-state index contributed by atoms with van der Waals surface area (Å²) in [4.78, 5) is 10.7. The van der Waals surface area contributed by atoms with Crippen LogP contribution < -0.4 is 4.74 Å². The zero-order chi connectivity index (χ0) is 14.7. The van der Waals surface area contributed by atoms with Crippen molar-refractivity contribution in [3.8, 4) is 5.75 Å². The van der Waals surface area contributed by atoms with Gasteiger partial charge in [0.15, 0.2) is 0 Å². The molecule has 0 radical (unpaired) electrons. The van der Waals surface area contributed by atoms with Gasteiger partial charge >= 0.3 is 5.69 Å². The predicted molar refractivity (Wildman–Crippen MR) is 75.9 cm³/mol. The summed E-state index contributed by atoms with van der Waals surface area (Å²) >= 11 is 3.21. The fourth-order valence-corrected chi connectivity index (χ4v) is 2.61. The van der Waals surface area contributed by atoms with E-state index in [1.165, 1.54) is 6.07 Å². The molecule has 1 aliphatic rings. The molecule has 0 amide bonds. The molecule has 1 aromatic rings. The Bertz CT molecular complexity index is 500. The average molecular weight is 346 g/mol. The van der Waals surface area contributed by atoms with Gasteiger partial charge in [-0.25, -0.2) is 0 Å². The first-order valence-corrected chi connectivity index (χ1v) is 7.18. The van der Waals surface area contributed by atoms with E-state index in [1.807, 2.05) is 0 Å². The molecule has 0 saturated carbocycles. The Kier molecular flexibility index (Phi) is 4.95. The Morgan fingerprint density at radius 3 is 2.90 bits per heavy atom. The highest BCUT2D eigenvalue weighted by Crippen LogP contribution is 2.39. The lowest BCUT2D eigenvalue weighted by Crippen LogP contribution is -2.28. The number of hydrogen-bond acceptors (Lipinski definition) is 5. The highest BCUT2D eigenvalue weighted by Gasteiger charge is 2.26. The summed E-state index contributed by atoms with van der Waals surface area (Å²) in [5.74, 6) is 0.128. The first-order chi connectivity index (χ1) is 9.49. The van der Waals surface area contributed by atoms with E-state index in [0.29, 0.717) is 23.2 Å². The SMILES string of the molecule is CC(O)c1cc(Br)cc([N+](=O)[O-])c1OC1CCCOC1. The van der Waals surface area contributed by atoms with E-state index in [-0.39, 0.29) is 17.5 Å². The molecule has 1 heterocycles. The number of aliphatic hydroxyl groups is 1. The van der Waals surface area contributed by atoms with Crippen LogP contribution in [0.2, 0.25) is 0 Å². The van der Waals surface area contributed by atoms with Crippen LogP contribution in [0.1, 0.15) is 31.4 Å². The minimum absolute atomic E-state index is 0.128. The zero-order valence-electron chi connectivity index (χ0n) is 11.0. The molecule has 0 spiro atoms. The van der Waals surface area contributed by atoms with Gasteiger partial charge in [0.05, 0.1) is 17.6 Å². The Morgan fingerprint density at radius 2 is 2.35 bits per heavy atom. The summed E-state index contributed by atoms with van der Waals surface area (Å²) in [6, 6.07) is 3.02. The van der Waals surface area contributed by atoms with E-state index < -0.39 is 11.0 Å². The van der Waals surface area contributed by atoms with Crippen LogP contribution in [-0.4, -0.2) is 29.3 Å². The monoisotopic (exact) mass is 345 g/mol. The highest BCUT2D eigenvalue weighted by atomic mass is 79.9. The Morgan fingerprint density at radius 1 is 1.60 bits per heavy atom. The molecule has 1 aromatic carbocycles. The molecule has 1 aliphatic heterocycles. The first-order valence-electron chi connectivity index (χ1n) is 6.39. The van der Waals surface area contributed by atoms with Crippen molar-refractivity contribution in [2.45, 2.75) is 32.0 Å². The normalized spacial score (nSPS) is 20.4. The molecule has 20 heavy (non-hydrogen) atoms. The molecule has 0 bridgehead atoms. The van der Waals surface area contributed by atoms with Gasteiger partial charge in [0, 0.05) is 22.7 Å². The quantitative estimate of drug-likeness (QED) is 0.670. The van der Waals surface area contributed by atoms with Gasteiger partial charge in [-0.3, -0.25) is 10.1 Å². The fraction of sp³-hybridized carbons (Fsp3) is 0.538. The molecule has 6 nitrogen and oxygen atoms in total. The molecule has 110 valence electrons. The Balaban J connectivity index is 2.38. The van der Waals surface area contributed by atoms with Crippen molar-refractivity contribution in [3.05, 3.63) is 32.3 Å². The standard InChI is InChI=1S/C13H16BrNO5/c1-8(16)11-5-9(14)6-12(15(17)18)13(11)20-10-3-2-4-19-7-10/h5-6,8,10,16H,2-4,7H2,1H3. The number of benzene rings is 1. The predicted octanol–water partition coefficient (Wildman–Crippen LogP) is 2.97. The van der Waals surface area contributed by atoms with E-state index in [4.69, 9.17) is 9.47 Å². The maximum absolute atomic E-state index is 11.2. The van der Waals surface area contributed by atoms with E-state index >= 15 is 0 Å². The van der Waals surface area contributed by atoms with Crippen molar-refractivity contribution in [2.24, 2.45) is 0 Å². The van der Waals surface area contributed by atoms with Crippen LogP contribution in [0.3, 0.4) is 0 Å². The summed E-state index contributed by atoms with van der Waals surface area (Å²) in [5, 5.41) is 21.0. The molecule has 7 heteroatoms. The summed E-state index contributed by atoms with van der Waals surface area (Å²) in [6.07, 6.45) is 0.567. The lowest BCUT2D eigenvalue weighted by molar-refractivity contribution is -0.386. The van der Waals surface area contributed by atoms with Crippen molar-refractivity contribution < 1.29 is 19.5 Å². The second-order valence-electron chi connectivity index (χ2n) is 4.73. The van der Waals surface area contributed by atoms with E-state index in [9.17, 15) is 15.2 Å². The number of nitro groups is 1. The molecule has 1 fully saturated rings. The second-order valence-corrected chi connectivity index (χ2v) is 5.65. The minimum Gasteiger partial charge on any atom is -0.481 e. The Hall–Kier alpha value is -1.18. The van der Waals surface area contributed by atoms with Gasteiger partial charge in [-0.2, -0.15) is 0 Å². The van der Waals surface area contributed by atoms with Crippen LogP contribution in [0.5, 0.6) is 5.75 Å². The van der Waals surface area contributed by atoms with E-state index in [0.717, 1.165) is 12.8 Å². The molecule has 2 unspecified atom stereocenters. The van der Waals surface area contributed by atoms with Gasteiger partial charge < -0.3 is 14.6 Å². The van der Waals surface area contributed by atoms with Crippen molar-refractivity contribution >= 4 is 21.6 Å². The average Bonchev–Trinajstić information content (AvgIpc) is 2.41. The third-order valence-electron chi connectivity index (χ3n) is 3.11. The molecule has 0 aliphatic carbocycles. The summed E-state index contributed by atoms with van der Waals surface area (Å²) in [7, 11) is 0. The van der Waals surface area contributed by atoms with Crippen LogP contribution in [0.15, 0.2) is 16.6 Å². The smallest absolute Gasteiger partial charge is 0.312 e. The van der Waals surface area contributed by atoms with Crippen molar-refractivity contribution in [3.63, 3.8) is 0 Å². The van der Waals surface area contributed by atoms with Crippen molar-refractivity contribution in [1.29, 1.82) is 0 Å². The van der Waals surface area contributed by atoms with Crippen molar-refractivity contribution in [1.82, 2.24) is 0 Å². The second kappa shape index (κ2) is 6.51. The van der Waals surface area contributed by atoms with Gasteiger partial charge in [-0.15, -0.1) is 0 Å². The fourth-order valence-electron chi connectivity index (χ4n) is 2.14. The van der Waals surface area contributed by atoms with E-state index in [2.05, 4.69) is 15.9 Å². The number of halogens is 1. The molecule has 2 atom stereocenters. The van der Waals surface area contributed by atoms with Crippen LogP contribution >= 0.6 is 15.9 Å². The molecule has 2 rings (SSSR count). The van der Waals surface area contributed by atoms with E-state index in [1.54, 1.807) is 13.0 Å². The number of ether oxygens (including phenoxy) is 2. The topological polar surface area (TPSA) is 81.8 Å².